The van der Waals surface area contributed by atoms with Gasteiger partial charge < -0.3 is 10.6 Å². The predicted octanol–water partition coefficient (Wildman–Crippen LogP) is 3.97. The van der Waals surface area contributed by atoms with Crippen LogP contribution in [-0.4, -0.2) is 13.1 Å². The first-order valence-corrected chi connectivity index (χ1v) is 7.48. The van der Waals surface area contributed by atoms with Gasteiger partial charge in [-0.05, 0) is 48.8 Å². The van der Waals surface area contributed by atoms with E-state index in [0.717, 1.165) is 5.92 Å². The number of rotatable bonds is 2. The molecule has 1 fully saturated rings. The number of benzene rings is 1. The zero-order chi connectivity index (χ0) is 14.0. The number of nitrogens with two attached hydrogens (primary N) is 1. The Morgan fingerprint density at radius 2 is 1.63 bits per heavy atom. The number of anilines is 1. The van der Waals surface area contributed by atoms with Gasteiger partial charge in [-0.2, -0.15) is 0 Å². The summed E-state index contributed by atoms with van der Waals surface area (Å²) >= 11 is 0. The van der Waals surface area contributed by atoms with Crippen LogP contribution in [0.3, 0.4) is 0 Å². The molecule has 0 spiro atoms. The van der Waals surface area contributed by atoms with Crippen LogP contribution in [0.1, 0.15) is 52.1 Å². The fourth-order valence-electron chi connectivity index (χ4n) is 2.99. The third-order valence-corrected chi connectivity index (χ3v) is 4.50. The molecule has 1 aromatic rings. The van der Waals surface area contributed by atoms with Gasteiger partial charge in [0, 0.05) is 24.8 Å². The van der Waals surface area contributed by atoms with Gasteiger partial charge in [0.1, 0.15) is 0 Å². The lowest BCUT2D eigenvalue weighted by Crippen LogP contribution is -2.38. The molecule has 106 valence electrons. The first-order valence-electron chi connectivity index (χ1n) is 7.48. The summed E-state index contributed by atoms with van der Waals surface area (Å²) in [5.74, 6) is 0.854. The predicted molar refractivity (Wildman–Crippen MR) is 83.4 cm³/mol. The standard InChI is InChI=1S/C17H28N2/c1-13(18)14-5-7-16(8-6-14)19-11-9-15(10-12-19)17(2,3)4/h5-8,13,15H,9-12,18H2,1-4H3/t13-/m0/s1. The Bertz CT molecular complexity index is 392. The van der Waals surface area contributed by atoms with E-state index in [0.29, 0.717) is 5.41 Å². The van der Waals surface area contributed by atoms with Crippen LogP contribution < -0.4 is 10.6 Å². The molecule has 2 heteroatoms. The lowest BCUT2D eigenvalue weighted by atomic mass is 9.75. The lowest BCUT2D eigenvalue weighted by Gasteiger charge is -2.39. The van der Waals surface area contributed by atoms with Crippen LogP contribution in [0.2, 0.25) is 0 Å². The first-order chi connectivity index (χ1) is 8.88. The van der Waals surface area contributed by atoms with Crippen molar-refractivity contribution >= 4 is 5.69 Å². The van der Waals surface area contributed by atoms with Crippen molar-refractivity contribution in [1.29, 1.82) is 0 Å². The van der Waals surface area contributed by atoms with E-state index in [4.69, 9.17) is 5.73 Å². The molecule has 0 radical (unpaired) electrons. The van der Waals surface area contributed by atoms with Crippen LogP contribution in [-0.2, 0) is 0 Å². The zero-order valence-corrected chi connectivity index (χ0v) is 12.8. The molecule has 2 nitrogen and oxygen atoms in total. The van der Waals surface area contributed by atoms with E-state index in [1.807, 2.05) is 6.92 Å². The molecule has 2 N–H and O–H groups in total. The molecule has 1 atom stereocenters. The Morgan fingerprint density at radius 1 is 1.11 bits per heavy atom. The van der Waals surface area contributed by atoms with Gasteiger partial charge in [0.05, 0.1) is 0 Å². The van der Waals surface area contributed by atoms with E-state index < -0.39 is 0 Å². The Kier molecular flexibility index (Phi) is 4.19. The maximum Gasteiger partial charge on any atom is 0.0366 e. The normalized spacial score (nSPS) is 19.5. The minimum absolute atomic E-state index is 0.126. The van der Waals surface area contributed by atoms with Crippen molar-refractivity contribution in [2.45, 2.75) is 46.6 Å². The topological polar surface area (TPSA) is 29.3 Å². The van der Waals surface area contributed by atoms with Crippen molar-refractivity contribution in [3.05, 3.63) is 29.8 Å². The number of piperidine rings is 1. The number of hydrogen-bond acceptors (Lipinski definition) is 2. The van der Waals surface area contributed by atoms with Crippen LogP contribution in [0.25, 0.3) is 0 Å². The monoisotopic (exact) mass is 260 g/mol. The highest BCUT2D eigenvalue weighted by Gasteiger charge is 2.28. The molecule has 1 saturated heterocycles. The molecular weight excluding hydrogens is 232 g/mol. The average Bonchev–Trinajstić information content (AvgIpc) is 2.38. The van der Waals surface area contributed by atoms with Crippen molar-refractivity contribution in [1.82, 2.24) is 0 Å². The van der Waals surface area contributed by atoms with Gasteiger partial charge in [-0.25, -0.2) is 0 Å². The summed E-state index contributed by atoms with van der Waals surface area (Å²) in [6.45, 7) is 11.5. The highest BCUT2D eigenvalue weighted by molar-refractivity contribution is 5.48. The van der Waals surface area contributed by atoms with Gasteiger partial charge >= 0.3 is 0 Å². The van der Waals surface area contributed by atoms with E-state index in [1.54, 1.807) is 0 Å². The molecule has 0 saturated carbocycles. The molecular formula is C17H28N2. The van der Waals surface area contributed by atoms with Crippen LogP contribution in [0.5, 0.6) is 0 Å². The van der Waals surface area contributed by atoms with Gasteiger partial charge in [0.25, 0.3) is 0 Å². The fraction of sp³-hybridized carbons (Fsp3) is 0.647. The highest BCUT2D eigenvalue weighted by Crippen LogP contribution is 2.35. The molecule has 1 aliphatic rings. The minimum Gasteiger partial charge on any atom is -0.372 e. The van der Waals surface area contributed by atoms with Crippen LogP contribution >= 0.6 is 0 Å². The summed E-state index contributed by atoms with van der Waals surface area (Å²) in [5.41, 5.74) is 8.90. The Hall–Kier alpha value is -1.02. The molecule has 0 bridgehead atoms. The van der Waals surface area contributed by atoms with E-state index in [2.05, 4.69) is 49.9 Å². The van der Waals surface area contributed by atoms with Crippen LogP contribution in [0.4, 0.5) is 5.69 Å². The number of nitrogens with zero attached hydrogens (tertiary/aromatic N) is 1. The summed E-state index contributed by atoms with van der Waals surface area (Å²) in [5, 5.41) is 0. The van der Waals surface area contributed by atoms with Gasteiger partial charge in [0.15, 0.2) is 0 Å². The molecule has 0 amide bonds. The van der Waals surface area contributed by atoms with E-state index >= 15 is 0 Å². The molecule has 19 heavy (non-hydrogen) atoms. The molecule has 1 heterocycles. The van der Waals surface area contributed by atoms with Crippen molar-refractivity contribution in [2.75, 3.05) is 18.0 Å². The molecule has 0 aliphatic carbocycles. The van der Waals surface area contributed by atoms with Crippen LogP contribution in [0.15, 0.2) is 24.3 Å². The quantitative estimate of drug-likeness (QED) is 0.872. The second kappa shape index (κ2) is 5.54. The van der Waals surface area contributed by atoms with Gasteiger partial charge in [-0.1, -0.05) is 32.9 Å². The Labute approximate surface area is 118 Å². The third kappa shape index (κ3) is 3.50. The molecule has 1 aliphatic heterocycles. The van der Waals surface area contributed by atoms with Crippen molar-refractivity contribution in [3.63, 3.8) is 0 Å². The van der Waals surface area contributed by atoms with Gasteiger partial charge in [-0.3, -0.25) is 0 Å². The summed E-state index contributed by atoms with van der Waals surface area (Å²) in [7, 11) is 0. The Morgan fingerprint density at radius 3 is 2.05 bits per heavy atom. The van der Waals surface area contributed by atoms with Crippen LogP contribution in [0, 0.1) is 11.3 Å². The number of hydrogen-bond donors (Lipinski definition) is 1. The Balaban J connectivity index is 1.98. The minimum atomic E-state index is 0.126. The third-order valence-electron chi connectivity index (χ3n) is 4.50. The summed E-state index contributed by atoms with van der Waals surface area (Å²) in [6.07, 6.45) is 2.61. The SMILES string of the molecule is C[C@H](N)c1ccc(N2CCC(C(C)(C)C)CC2)cc1. The molecule has 0 aromatic heterocycles. The summed E-state index contributed by atoms with van der Waals surface area (Å²) in [4.78, 5) is 2.51. The first kappa shape index (κ1) is 14.4. The smallest absolute Gasteiger partial charge is 0.0366 e. The molecule has 1 aromatic carbocycles. The second-order valence-corrected chi connectivity index (χ2v) is 7.01. The fourth-order valence-corrected chi connectivity index (χ4v) is 2.99. The summed E-state index contributed by atoms with van der Waals surface area (Å²) < 4.78 is 0. The summed E-state index contributed by atoms with van der Waals surface area (Å²) in [6, 6.07) is 8.89. The highest BCUT2D eigenvalue weighted by atomic mass is 15.1. The maximum atomic E-state index is 5.89. The average molecular weight is 260 g/mol. The van der Waals surface area contributed by atoms with Crippen molar-refractivity contribution in [2.24, 2.45) is 17.1 Å². The van der Waals surface area contributed by atoms with Gasteiger partial charge in [0.2, 0.25) is 0 Å². The molecule has 0 unspecified atom stereocenters. The lowest BCUT2D eigenvalue weighted by molar-refractivity contribution is 0.199. The van der Waals surface area contributed by atoms with E-state index in [9.17, 15) is 0 Å². The van der Waals surface area contributed by atoms with Gasteiger partial charge in [-0.15, -0.1) is 0 Å². The largest absolute Gasteiger partial charge is 0.372 e. The van der Waals surface area contributed by atoms with E-state index in [1.165, 1.54) is 37.2 Å². The van der Waals surface area contributed by atoms with Crippen molar-refractivity contribution in [3.8, 4) is 0 Å². The van der Waals surface area contributed by atoms with Crippen molar-refractivity contribution < 1.29 is 0 Å². The van der Waals surface area contributed by atoms with E-state index in [-0.39, 0.29) is 6.04 Å². The zero-order valence-electron chi connectivity index (χ0n) is 12.8. The second-order valence-electron chi connectivity index (χ2n) is 7.01. The maximum absolute atomic E-state index is 5.89. The molecule has 2 rings (SSSR count).